The number of fused-ring (bicyclic) bond motifs is 5. The van der Waals surface area contributed by atoms with Crippen LogP contribution in [-0.2, 0) is 10.0 Å². The van der Waals surface area contributed by atoms with E-state index in [1.54, 1.807) is 12.1 Å². The van der Waals surface area contributed by atoms with Crippen LogP contribution in [0.5, 0.6) is 0 Å². The number of nitrogens with one attached hydrogen (secondary N) is 1. The molecule has 4 aliphatic carbocycles. The summed E-state index contributed by atoms with van der Waals surface area (Å²) in [5.74, 6) is 4.31. The van der Waals surface area contributed by atoms with Gasteiger partial charge in [-0.15, -0.1) is 0 Å². The number of benzene rings is 1. The molecule has 0 aromatic heterocycles. The van der Waals surface area contributed by atoms with Gasteiger partial charge in [-0.1, -0.05) is 71.6 Å². The van der Waals surface area contributed by atoms with Crippen LogP contribution in [0.2, 0.25) is 0 Å². The van der Waals surface area contributed by atoms with Crippen molar-refractivity contribution in [1.82, 2.24) is 4.83 Å². The fraction of sp³-hybridized carbons (Fsp3) is 0.794. The maximum atomic E-state index is 13.2. The number of aryl methyl sites for hydroxylation is 1. The van der Waals surface area contributed by atoms with Gasteiger partial charge < -0.3 is 5.11 Å². The molecule has 6 heteroatoms. The zero-order chi connectivity index (χ0) is 28.9. The normalized spacial score (nSPS) is 39.5. The molecule has 4 unspecified atom stereocenters. The van der Waals surface area contributed by atoms with E-state index < -0.39 is 10.0 Å². The van der Waals surface area contributed by atoms with E-state index in [0.717, 1.165) is 48.3 Å². The monoisotopic (exact) mass is 570 g/mol. The van der Waals surface area contributed by atoms with Crippen molar-refractivity contribution in [3.63, 3.8) is 0 Å². The van der Waals surface area contributed by atoms with E-state index in [1.165, 1.54) is 44.9 Å². The molecule has 224 valence electrons. The Morgan fingerprint density at radius 3 is 2.35 bits per heavy atom. The number of rotatable bonds is 8. The highest BCUT2D eigenvalue weighted by Gasteiger charge is 2.62. The van der Waals surface area contributed by atoms with Gasteiger partial charge in [-0.25, -0.2) is 4.83 Å². The first-order chi connectivity index (χ1) is 18.8. The van der Waals surface area contributed by atoms with Crippen molar-refractivity contribution in [2.45, 2.75) is 123 Å². The number of hydrazone groups is 1. The van der Waals surface area contributed by atoms with Gasteiger partial charge >= 0.3 is 0 Å². The molecule has 0 amide bonds. The van der Waals surface area contributed by atoms with E-state index in [4.69, 9.17) is 5.10 Å². The second-order valence-electron chi connectivity index (χ2n) is 15.1. The molecule has 40 heavy (non-hydrogen) atoms. The molecule has 4 fully saturated rings. The summed E-state index contributed by atoms with van der Waals surface area (Å²) >= 11 is 0. The Labute approximate surface area is 244 Å². The third-order valence-electron chi connectivity index (χ3n) is 12.3. The van der Waals surface area contributed by atoms with E-state index in [-0.39, 0.29) is 22.3 Å². The van der Waals surface area contributed by atoms with E-state index in [9.17, 15) is 13.5 Å². The number of hydrogen-bond acceptors (Lipinski definition) is 4. The molecule has 1 aromatic rings. The lowest BCUT2D eigenvalue weighted by Crippen LogP contribution is -2.57. The van der Waals surface area contributed by atoms with Crippen molar-refractivity contribution in [2.75, 3.05) is 0 Å². The Morgan fingerprint density at radius 1 is 0.975 bits per heavy atom. The zero-order valence-electron chi connectivity index (χ0n) is 25.8. The Hall–Kier alpha value is -1.40. The molecular formula is C34H54N2O3S. The molecule has 0 aliphatic heterocycles. The average Bonchev–Trinajstić information content (AvgIpc) is 3.25. The summed E-state index contributed by atoms with van der Waals surface area (Å²) in [6.07, 6.45) is 12.3. The Bertz CT molecular complexity index is 1180. The third-order valence-corrected chi connectivity index (χ3v) is 13.5. The topological polar surface area (TPSA) is 78.8 Å². The fourth-order valence-corrected chi connectivity index (χ4v) is 10.9. The second kappa shape index (κ2) is 11.4. The minimum atomic E-state index is -3.74. The van der Waals surface area contributed by atoms with Crippen LogP contribution in [0, 0.1) is 59.2 Å². The highest BCUT2D eigenvalue weighted by atomic mass is 32.2. The molecule has 0 heterocycles. The highest BCUT2D eigenvalue weighted by Crippen LogP contribution is 2.68. The summed E-state index contributed by atoms with van der Waals surface area (Å²) in [4.78, 5) is 2.88. The van der Waals surface area contributed by atoms with E-state index in [0.29, 0.717) is 29.6 Å². The molecule has 0 radical (unpaired) electrons. The maximum absolute atomic E-state index is 13.2. The summed E-state index contributed by atoms with van der Waals surface area (Å²) in [5.41, 5.74) is 2.44. The minimum Gasteiger partial charge on any atom is -0.393 e. The molecule has 1 aromatic carbocycles. The van der Waals surface area contributed by atoms with Crippen molar-refractivity contribution in [1.29, 1.82) is 0 Å². The van der Waals surface area contributed by atoms with E-state index in [2.05, 4.69) is 39.4 Å². The smallest absolute Gasteiger partial charge is 0.276 e. The van der Waals surface area contributed by atoms with Crippen LogP contribution >= 0.6 is 0 Å². The third kappa shape index (κ3) is 5.53. The standard InChI is InChI=1S/C34H54N2O3S/c1-22(2)8-7-9-24(4)28-14-15-29-27-21-32(35-36-40(38,39)26-12-10-23(3)11-13-26)31-20-25(37)16-18-34(31,6)30(27)17-19-33(28,29)5/h10-13,22,24-25,27-31,36-37H,7-9,14-21H2,1-6H3/b35-32+/t24-,25+,27?,28-,29?,30?,31?,33-,34-/m1/s1. The quantitative estimate of drug-likeness (QED) is 0.314. The Morgan fingerprint density at radius 2 is 1.65 bits per heavy atom. The summed E-state index contributed by atoms with van der Waals surface area (Å²) in [7, 11) is -3.74. The first-order valence-corrected chi connectivity index (χ1v) is 17.7. The fourth-order valence-electron chi connectivity index (χ4n) is 10.1. The van der Waals surface area contributed by atoms with Gasteiger partial charge in [0.1, 0.15) is 0 Å². The van der Waals surface area contributed by atoms with Crippen LogP contribution in [0.15, 0.2) is 34.3 Å². The van der Waals surface area contributed by atoms with Crippen molar-refractivity contribution in [3.05, 3.63) is 29.8 Å². The van der Waals surface area contributed by atoms with Crippen LogP contribution in [0.25, 0.3) is 0 Å². The summed E-state index contributed by atoms with van der Waals surface area (Å²) in [6, 6.07) is 6.95. The molecule has 5 rings (SSSR count). The molecule has 5 nitrogen and oxygen atoms in total. The van der Waals surface area contributed by atoms with Gasteiger partial charge in [0.25, 0.3) is 10.0 Å². The lowest BCUT2D eigenvalue weighted by molar-refractivity contribution is -0.0939. The van der Waals surface area contributed by atoms with E-state index in [1.807, 2.05) is 19.1 Å². The predicted octanol–water partition coefficient (Wildman–Crippen LogP) is 7.72. The maximum Gasteiger partial charge on any atom is 0.276 e. The molecule has 4 aliphatic rings. The van der Waals surface area contributed by atoms with Gasteiger partial charge in [0.2, 0.25) is 0 Å². The predicted molar refractivity (Wildman–Crippen MR) is 163 cm³/mol. The Balaban J connectivity index is 1.41. The molecule has 0 spiro atoms. The molecule has 0 bridgehead atoms. The van der Waals surface area contributed by atoms with Crippen molar-refractivity contribution < 1.29 is 13.5 Å². The summed E-state index contributed by atoms with van der Waals surface area (Å²) in [6.45, 7) is 14.2. The molecule has 9 atom stereocenters. The first-order valence-electron chi connectivity index (χ1n) is 16.2. The van der Waals surface area contributed by atoms with Crippen LogP contribution in [0.4, 0.5) is 0 Å². The van der Waals surface area contributed by atoms with Crippen LogP contribution < -0.4 is 4.83 Å². The Kier molecular flexibility index (Phi) is 8.54. The van der Waals surface area contributed by atoms with Gasteiger partial charge in [-0.3, -0.25) is 0 Å². The van der Waals surface area contributed by atoms with Gasteiger partial charge in [0.15, 0.2) is 0 Å². The summed E-state index contributed by atoms with van der Waals surface area (Å²) < 4.78 is 26.4. The minimum absolute atomic E-state index is 0.0680. The van der Waals surface area contributed by atoms with Crippen LogP contribution in [0.1, 0.15) is 111 Å². The average molecular weight is 571 g/mol. The van der Waals surface area contributed by atoms with E-state index >= 15 is 0 Å². The highest BCUT2D eigenvalue weighted by molar-refractivity contribution is 7.89. The van der Waals surface area contributed by atoms with Crippen LogP contribution in [-0.4, -0.2) is 25.3 Å². The second-order valence-corrected chi connectivity index (χ2v) is 16.8. The number of sulfonamides is 1. The van der Waals surface area contributed by atoms with Gasteiger partial charge in [0, 0.05) is 11.6 Å². The molecule has 2 N–H and O–H groups in total. The number of nitrogens with zero attached hydrogens (tertiary/aromatic N) is 1. The number of hydrogen-bond donors (Lipinski definition) is 2. The lowest BCUT2D eigenvalue weighted by Gasteiger charge is -2.61. The van der Waals surface area contributed by atoms with Crippen molar-refractivity contribution >= 4 is 15.7 Å². The van der Waals surface area contributed by atoms with Gasteiger partial charge in [0.05, 0.1) is 11.0 Å². The van der Waals surface area contributed by atoms with Crippen LogP contribution in [0.3, 0.4) is 0 Å². The number of aliphatic hydroxyl groups is 1. The SMILES string of the molecule is Cc1ccc(S(=O)(=O)N/N=C2\CC3C(CC[C@@]4(C)C3CC[C@@H]4[C@H](C)CCCC(C)C)[C@@]3(C)CC[C@H](O)CC23)cc1. The molecule has 0 saturated heterocycles. The summed E-state index contributed by atoms with van der Waals surface area (Å²) in [5, 5.41) is 15.4. The van der Waals surface area contributed by atoms with Gasteiger partial charge in [-0.05, 0) is 117 Å². The molecule has 4 saturated carbocycles. The number of aliphatic hydroxyl groups excluding tert-OH is 1. The first kappa shape index (κ1) is 30.1. The van der Waals surface area contributed by atoms with Gasteiger partial charge in [-0.2, -0.15) is 13.5 Å². The molecular weight excluding hydrogens is 516 g/mol. The lowest BCUT2D eigenvalue weighted by atomic mass is 9.44. The zero-order valence-corrected chi connectivity index (χ0v) is 26.6. The van der Waals surface area contributed by atoms with Crippen molar-refractivity contribution in [2.24, 2.45) is 57.4 Å². The van der Waals surface area contributed by atoms with Crippen molar-refractivity contribution in [3.8, 4) is 0 Å². The largest absolute Gasteiger partial charge is 0.393 e.